The molecule has 3 heteroatoms. The average Bonchev–Trinajstić information content (AvgIpc) is 2.39. The third-order valence-corrected chi connectivity index (χ3v) is 3.11. The highest BCUT2D eigenvalue weighted by molar-refractivity contribution is 5.91. The Morgan fingerprint density at radius 1 is 1.36 bits per heavy atom. The van der Waals surface area contributed by atoms with Gasteiger partial charge in [0.25, 0.3) is 0 Å². The lowest BCUT2D eigenvalue weighted by Gasteiger charge is -2.33. The highest BCUT2D eigenvalue weighted by Crippen LogP contribution is 2.33. The molecule has 2 aliphatic heterocycles. The van der Waals surface area contributed by atoms with Gasteiger partial charge in [0.2, 0.25) is 5.91 Å². The lowest BCUT2D eigenvalue weighted by atomic mass is 10.0. The number of allylic oxidation sites excluding steroid dienone is 1. The summed E-state index contributed by atoms with van der Waals surface area (Å²) in [7, 11) is 0. The van der Waals surface area contributed by atoms with E-state index in [4.69, 9.17) is 0 Å². The van der Waals surface area contributed by atoms with Gasteiger partial charge in [-0.15, -0.1) is 0 Å². The molecule has 0 N–H and O–H groups in total. The summed E-state index contributed by atoms with van der Waals surface area (Å²) in [5.41, 5.74) is 0. The lowest BCUT2D eigenvalue weighted by molar-refractivity contribution is -0.134. The molecule has 2 unspecified atom stereocenters. The number of hydrogen-bond acceptors (Lipinski definition) is 2. The van der Waals surface area contributed by atoms with Crippen molar-refractivity contribution in [3.8, 4) is 0 Å². The van der Waals surface area contributed by atoms with E-state index in [-0.39, 0.29) is 18.0 Å². The van der Waals surface area contributed by atoms with Crippen LogP contribution in [0.2, 0.25) is 0 Å². The molecule has 14 heavy (non-hydrogen) atoms. The Labute approximate surface area is 83.8 Å². The van der Waals surface area contributed by atoms with Crippen LogP contribution in [0.25, 0.3) is 0 Å². The molecule has 2 heterocycles. The van der Waals surface area contributed by atoms with Crippen molar-refractivity contribution in [2.45, 2.75) is 44.7 Å². The van der Waals surface area contributed by atoms with Gasteiger partial charge in [0.15, 0.2) is 0 Å². The van der Waals surface area contributed by atoms with E-state index >= 15 is 0 Å². The predicted molar refractivity (Wildman–Crippen MR) is 52.7 cm³/mol. The van der Waals surface area contributed by atoms with Crippen LogP contribution in [0.15, 0.2) is 12.2 Å². The quantitative estimate of drug-likeness (QED) is 0.588. The Morgan fingerprint density at radius 3 is 2.43 bits per heavy atom. The Hall–Kier alpha value is -1.12. The van der Waals surface area contributed by atoms with E-state index in [0.29, 0.717) is 18.6 Å². The molecule has 0 aromatic rings. The van der Waals surface area contributed by atoms with Crippen LogP contribution in [0.1, 0.15) is 32.6 Å². The maximum atomic E-state index is 11.7. The highest BCUT2D eigenvalue weighted by Gasteiger charge is 2.41. The molecule has 2 bridgehead atoms. The predicted octanol–water partition coefficient (Wildman–Crippen LogP) is 1.29. The Morgan fingerprint density at radius 2 is 1.93 bits per heavy atom. The van der Waals surface area contributed by atoms with Crippen LogP contribution >= 0.6 is 0 Å². The first-order valence-electron chi connectivity index (χ1n) is 5.19. The standard InChI is InChI=1S/C11H15NO2/c1-2-3-11(14)12-8-4-5-9(12)7-10(13)6-8/h2-3,8-9H,4-7H2,1H3/b3-2+. The fourth-order valence-corrected chi connectivity index (χ4v) is 2.56. The maximum absolute atomic E-state index is 11.7. The van der Waals surface area contributed by atoms with Gasteiger partial charge in [-0.3, -0.25) is 9.59 Å². The number of hydrogen-bond donors (Lipinski definition) is 0. The van der Waals surface area contributed by atoms with Crippen LogP contribution in [0.4, 0.5) is 0 Å². The Bertz CT molecular complexity index is 280. The fourth-order valence-electron chi connectivity index (χ4n) is 2.56. The molecular formula is C11H15NO2. The van der Waals surface area contributed by atoms with E-state index in [1.165, 1.54) is 0 Å². The second-order valence-corrected chi connectivity index (χ2v) is 4.08. The largest absolute Gasteiger partial charge is 0.332 e. The van der Waals surface area contributed by atoms with Gasteiger partial charge in [0.1, 0.15) is 5.78 Å². The summed E-state index contributed by atoms with van der Waals surface area (Å²) in [5, 5.41) is 0. The number of rotatable bonds is 1. The van der Waals surface area contributed by atoms with Crippen molar-refractivity contribution in [1.29, 1.82) is 0 Å². The Balaban J connectivity index is 2.14. The minimum Gasteiger partial charge on any atom is -0.332 e. The molecule has 3 nitrogen and oxygen atoms in total. The zero-order valence-corrected chi connectivity index (χ0v) is 8.40. The van der Waals surface area contributed by atoms with Crippen molar-refractivity contribution < 1.29 is 9.59 Å². The molecule has 0 aliphatic carbocycles. The average molecular weight is 193 g/mol. The molecule has 0 saturated carbocycles. The van der Waals surface area contributed by atoms with E-state index in [1.807, 2.05) is 11.8 Å². The van der Waals surface area contributed by atoms with E-state index in [9.17, 15) is 9.59 Å². The third-order valence-electron chi connectivity index (χ3n) is 3.11. The molecule has 2 fully saturated rings. The van der Waals surface area contributed by atoms with Gasteiger partial charge >= 0.3 is 0 Å². The fraction of sp³-hybridized carbons (Fsp3) is 0.636. The first-order chi connectivity index (χ1) is 6.72. The Kier molecular flexibility index (Phi) is 2.40. The van der Waals surface area contributed by atoms with Crippen LogP contribution in [0.3, 0.4) is 0 Å². The number of Topliss-reactive ketones (excluding diaryl/α,β-unsaturated/α-hetero) is 1. The summed E-state index contributed by atoms with van der Waals surface area (Å²) in [5.74, 6) is 0.398. The molecule has 0 aromatic heterocycles. The molecule has 0 radical (unpaired) electrons. The van der Waals surface area contributed by atoms with Gasteiger partial charge in [-0.1, -0.05) is 6.08 Å². The van der Waals surface area contributed by atoms with Crippen molar-refractivity contribution in [2.75, 3.05) is 0 Å². The third kappa shape index (κ3) is 1.47. The van der Waals surface area contributed by atoms with E-state index < -0.39 is 0 Å². The number of nitrogens with zero attached hydrogens (tertiary/aromatic N) is 1. The summed E-state index contributed by atoms with van der Waals surface area (Å²) >= 11 is 0. The molecule has 2 aliphatic rings. The molecular weight excluding hydrogens is 178 g/mol. The summed E-state index contributed by atoms with van der Waals surface area (Å²) in [4.78, 5) is 24.9. The van der Waals surface area contributed by atoms with Gasteiger partial charge in [-0.05, 0) is 25.8 Å². The molecule has 0 aromatic carbocycles. The summed E-state index contributed by atoms with van der Waals surface area (Å²) < 4.78 is 0. The number of fused-ring (bicyclic) bond motifs is 2. The first kappa shape index (κ1) is 9.44. The zero-order chi connectivity index (χ0) is 10.1. The first-order valence-corrected chi connectivity index (χ1v) is 5.19. The second kappa shape index (κ2) is 3.56. The number of amides is 1. The van der Waals surface area contributed by atoms with E-state index in [1.54, 1.807) is 12.2 Å². The van der Waals surface area contributed by atoms with Crippen LogP contribution in [-0.4, -0.2) is 28.7 Å². The van der Waals surface area contributed by atoms with Crippen molar-refractivity contribution in [2.24, 2.45) is 0 Å². The number of ketones is 1. The van der Waals surface area contributed by atoms with Gasteiger partial charge in [0, 0.05) is 24.9 Å². The van der Waals surface area contributed by atoms with Gasteiger partial charge < -0.3 is 4.90 Å². The van der Waals surface area contributed by atoms with Crippen molar-refractivity contribution in [3.63, 3.8) is 0 Å². The monoisotopic (exact) mass is 193 g/mol. The SMILES string of the molecule is C/C=C/C(=O)N1C2CCC1CC(=O)C2. The minimum atomic E-state index is 0.0764. The zero-order valence-electron chi connectivity index (χ0n) is 8.40. The van der Waals surface area contributed by atoms with Crippen LogP contribution in [0.5, 0.6) is 0 Å². The van der Waals surface area contributed by atoms with Gasteiger partial charge in [0.05, 0.1) is 0 Å². The topological polar surface area (TPSA) is 37.4 Å². The van der Waals surface area contributed by atoms with Crippen molar-refractivity contribution >= 4 is 11.7 Å². The molecule has 2 saturated heterocycles. The molecule has 2 atom stereocenters. The van der Waals surface area contributed by atoms with Crippen molar-refractivity contribution in [1.82, 2.24) is 4.90 Å². The number of piperidine rings is 1. The summed E-state index contributed by atoms with van der Waals surface area (Å²) in [6.07, 6.45) is 6.50. The molecule has 1 amide bonds. The van der Waals surface area contributed by atoms with E-state index in [0.717, 1.165) is 12.8 Å². The second-order valence-electron chi connectivity index (χ2n) is 4.08. The molecule has 76 valence electrons. The summed E-state index contributed by atoms with van der Waals surface area (Å²) in [6, 6.07) is 0.370. The smallest absolute Gasteiger partial charge is 0.246 e. The minimum absolute atomic E-state index is 0.0764. The van der Waals surface area contributed by atoms with E-state index in [2.05, 4.69) is 0 Å². The number of carbonyl (C=O) groups excluding carboxylic acids is 2. The number of carbonyl (C=O) groups is 2. The molecule has 0 spiro atoms. The maximum Gasteiger partial charge on any atom is 0.246 e. The summed E-state index contributed by atoms with van der Waals surface area (Å²) in [6.45, 7) is 1.84. The highest BCUT2D eigenvalue weighted by atomic mass is 16.2. The van der Waals surface area contributed by atoms with Crippen LogP contribution < -0.4 is 0 Å². The van der Waals surface area contributed by atoms with Gasteiger partial charge in [-0.25, -0.2) is 0 Å². The van der Waals surface area contributed by atoms with Gasteiger partial charge in [-0.2, -0.15) is 0 Å². The van der Waals surface area contributed by atoms with Crippen molar-refractivity contribution in [3.05, 3.63) is 12.2 Å². The van der Waals surface area contributed by atoms with Crippen LogP contribution in [0, 0.1) is 0 Å². The molecule has 2 rings (SSSR count). The lowest BCUT2D eigenvalue weighted by Crippen LogP contribution is -2.46. The van der Waals surface area contributed by atoms with Crippen LogP contribution in [-0.2, 0) is 9.59 Å². The normalized spacial score (nSPS) is 31.5.